The molecule has 0 heterocycles. The molecule has 0 radical (unpaired) electrons. The summed E-state index contributed by atoms with van der Waals surface area (Å²) < 4.78 is 5.45. The molecule has 6 nitrogen and oxygen atoms in total. The quantitative estimate of drug-likeness (QED) is 0.433. The molecule has 1 aliphatic carbocycles. The second-order valence-electron chi connectivity index (χ2n) is 7.17. The third-order valence-electron chi connectivity index (χ3n) is 5.18. The highest BCUT2D eigenvalue weighted by molar-refractivity contribution is 6.45. The molecule has 0 atom stereocenters. The molecule has 2 rings (SSSR count). The summed E-state index contributed by atoms with van der Waals surface area (Å²) in [5.41, 5.74) is 0.672. The molecule has 1 saturated carbocycles. The minimum absolute atomic E-state index is 0.0689. The number of rotatable bonds is 9. The first kappa shape index (κ1) is 23.2. The van der Waals surface area contributed by atoms with Gasteiger partial charge in [-0.05, 0) is 55.7 Å². The summed E-state index contributed by atoms with van der Waals surface area (Å²) in [5, 5.41) is 12.0. The van der Waals surface area contributed by atoms with E-state index in [9.17, 15) is 14.4 Å². The monoisotopic (exact) mass is 441 g/mol. The van der Waals surface area contributed by atoms with Crippen molar-refractivity contribution >= 4 is 40.9 Å². The molecule has 1 amide bonds. The molecule has 1 aromatic carbocycles. The van der Waals surface area contributed by atoms with Gasteiger partial charge in [0.15, 0.2) is 12.4 Å². The molecular formula is C21H25Cl2NO5. The maximum absolute atomic E-state index is 12.2. The van der Waals surface area contributed by atoms with E-state index in [-0.39, 0.29) is 51.5 Å². The number of Topliss-reactive ketones (excluding diaryl/α,β-unsaturated/α-hetero) is 1. The Labute approximate surface area is 180 Å². The first-order valence-electron chi connectivity index (χ1n) is 9.57. The molecule has 29 heavy (non-hydrogen) atoms. The fraction of sp³-hybridized carbons (Fsp3) is 0.476. The topological polar surface area (TPSA) is 92.7 Å². The number of nitrogens with one attached hydrogen (secondary N) is 1. The van der Waals surface area contributed by atoms with Gasteiger partial charge in [0.2, 0.25) is 0 Å². The molecule has 1 aliphatic rings. The Morgan fingerprint density at radius 3 is 2.41 bits per heavy atom. The smallest absolute Gasteiger partial charge is 0.306 e. The van der Waals surface area contributed by atoms with Gasteiger partial charge in [-0.15, -0.1) is 0 Å². The van der Waals surface area contributed by atoms with Crippen molar-refractivity contribution in [3.63, 3.8) is 0 Å². The summed E-state index contributed by atoms with van der Waals surface area (Å²) in [6.45, 7) is 5.77. The Morgan fingerprint density at radius 1 is 1.17 bits per heavy atom. The van der Waals surface area contributed by atoms with E-state index in [1.54, 1.807) is 0 Å². The van der Waals surface area contributed by atoms with E-state index < -0.39 is 5.97 Å². The van der Waals surface area contributed by atoms with E-state index in [2.05, 4.69) is 11.9 Å². The van der Waals surface area contributed by atoms with Gasteiger partial charge in [0.25, 0.3) is 5.91 Å². The van der Waals surface area contributed by atoms with Crippen molar-refractivity contribution in [2.45, 2.75) is 39.0 Å². The molecule has 2 N–H and O–H groups in total. The van der Waals surface area contributed by atoms with Crippen molar-refractivity contribution in [1.82, 2.24) is 5.32 Å². The molecule has 0 bridgehead atoms. The number of hydrogen-bond acceptors (Lipinski definition) is 4. The lowest BCUT2D eigenvalue weighted by atomic mass is 9.82. The zero-order valence-corrected chi connectivity index (χ0v) is 17.8. The van der Waals surface area contributed by atoms with Gasteiger partial charge in [0.1, 0.15) is 10.8 Å². The number of ether oxygens (including phenoxy) is 1. The molecular weight excluding hydrogens is 417 g/mol. The molecule has 0 aromatic heterocycles. The summed E-state index contributed by atoms with van der Waals surface area (Å²) in [6.07, 6.45) is 3.32. The summed E-state index contributed by atoms with van der Waals surface area (Å²) in [4.78, 5) is 35.3. The van der Waals surface area contributed by atoms with Crippen LogP contribution in [0.15, 0.2) is 24.3 Å². The van der Waals surface area contributed by atoms with Crippen LogP contribution >= 0.6 is 23.2 Å². The predicted octanol–water partition coefficient (Wildman–Crippen LogP) is 4.53. The van der Waals surface area contributed by atoms with E-state index in [0.29, 0.717) is 31.4 Å². The third kappa shape index (κ3) is 6.21. The molecule has 0 saturated heterocycles. The number of halogens is 2. The fourth-order valence-corrected chi connectivity index (χ4v) is 3.70. The van der Waals surface area contributed by atoms with Gasteiger partial charge in [-0.25, -0.2) is 0 Å². The van der Waals surface area contributed by atoms with Crippen molar-refractivity contribution in [2.75, 3.05) is 13.2 Å². The molecule has 0 aliphatic heterocycles. The Bertz CT molecular complexity index is 801. The van der Waals surface area contributed by atoms with Crippen LogP contribution in [0.25, 0.3) is 0 Å². The summed E-state index contributed by atoms with van der Waals surface area (Å²) in [6, 6.07) is 3.01. The molecule has 1 aromatic rings. The highest BCUT2D eigenvalue weighted by atomic mass is 35.5. The van der Waals surface area contributed by atoms with E-state index in [1.165, 1.54) is 12.1 Å². The molecule has 0 unspecified atom stereocenters. The third-order valence-corrected chi connectivity index (χ3v) is 6.05. The van der Waals surface area contributed by atoms with Crippen molar-refractivity contribution in [3.8, 4) is 5.75 Å². The van der Waals surface area contributed by atoms with Crippen LogP contribution in [0.5, 0.6) is 5.75 Å². The van der Waals surface area contributed by atoms with Crippen LogP contribution in [0.4, 0.5) is 0 Å². The number of carboxylic acids is 1. The average Bonchev–Trinajstić information content (AvgIpc) is 2.72. The number of benzene rings is 1. The zero-order chi connectivity index (χ0) is 21.6. The minimum Gasteiger partial charge on any atom is -0.482 e. The number of carboxylic acid groups (broad SMARTS) is 1. The van der Waals surface area contributed by atoms with Gasteiger partial charge in [0.05, 0.1) is 10.9 Å². The average molecular weight is 442 g/mol. The lowest BCUT2D eigenvalue weighted by Gasteiger charge is -2.26. The lowest BCUT2D eigenvalue weighted by molar-refractivity contribution is -0.143. The normalized spacial score (nSPS) is 18.7. The van der Waals surface area contributed by atoms with Crippen LogP contribution in [0.3, 0.4) is 0 Å². The van der Waals surface area contributed by atoms with Crippen LogP contribution in [0, 0.1) is 11.8 Å². The molecule has 0 spiro atoms. The second-order valence-corrected chi connectivity index (χ2v) is 7.93. The van der Waals surface area contributed by atoms with Crippen LogP contribution in [-0.4, -0.2) is 35.9 Å². The van der Waals surface area contributed by atoms with Crippen molar-refractivity contribution < 1.29 is 24.2 Å². The van der Waals surface area contributed by atoms with Crippen LogP contribution in [-0.2, 0) is 9.59 Å². The zero-order valence-electron chi connectivity index (χ0n) is 16.3. The number of carbonyl (C=O) groups is 3. The van der Waals surface area contributed by atoms with E-state index in [4.69, 9.17) is 33.0 Å². The maximum Gasteiger partial charge on any atom is 0.306 e. The predicted molar refractivity (Wildman–Crippen MR) is 112 cm³/mol. The van der Waals surface area contributed by atoms with E-state index in [0.717, 1.165) is 12.8 Å². The largest absolute Gasteiger partial charge is 0.482 e. The highest BCUT2D eigenvalue weighted by Crippen LogP contribution is 2.35. The summed E-state index contributed by atoms with van der Waals surface area (Å²) in [7, 11) is 0. The van der Waals surface area contributed by atoms with Crippen LogP contribution in [0.1, 0.15) is 49.4 Å². The van der Waals surface area contributed by atoms with Gasteiger partial charge in [-0.2, -0.15) is 0 Å². The minimum atomic E-state index is -0.747. The molecule has 8 heteroatoms. The number of hydrogen-bond donors (Lipinski definition) is 2. The van der Waals surface area contributed by atoms with E-state index in [1.807, 2.05) is 6.92 Å². The Hall–Kier alpha value is -2.05. The first-order valence-corrected chi connectivity index (χ1v) is 10.3. The number of allylic oxidation sites excluding steroid dienone is 1. The van der Waals surface area contributed by atoms with Crippen molar-refractivity contribution in [1.29, 1.82) is 0 Å². The Morgan fingerprint density at radius 2 is 1.83 bits per heavy atom. The molecule has 1 fully saturated rings. The van der Waals surface area contributed by atoms with E-state index >= 15 is 0 Å². The van der Waals surface area contributed by atoms with Gasteiger partial charge in [-0.1, -0.05) is 36.7 Å². The number of carbonyl (C=O) groups excluding carboxylic acids is 2. The van der Waals surface area contributed by atoms with Gasteiger partial charge in [0, 0.05) is 12.1 Å². The maximum atomic E-state index is 12.2. The number of amides is 1. The second kappa shape index (κ2) is 10.6. The Balaban J connectivity index is 1.84. The lowest BCUT2D eigenvalue weighted by Crippen LogP contribution is -2.35. The highest BCUT2D eigenvalue weighted by Gasteiger charge is 2.26. The molecule has 158 valence electrons. The van der Waals surface area contributed by atoms with Gasteiger partial charge >= 0.3 is 5.97 Å². The Kier molecular flexibility index (Phi) is 8.53. The SMILES string of the molecule is C=C(CC)C(=O)c1ccc(OCC(=O)NCC2CCC(C(=O)O)CC2)c(Cl)c1Cl. The first-order chi connectivity index (χ1) is 13.7. The fourth-order valence-electron chi connectivity index (χ4n) is 3.24. The summed E-state index contributed by atoms with van der Waals surface area (Å²) >= 11 is 12.4. The van der Waals surface area contributed by atoms with Gasteiger partial charge in [-0.3, -0.25) is 14.4 Å². The van der Waals surface area contributed by atoms with Gasteiger partial charge < -0.3 is 15.2 Å². The number of ketones is 1. The number of aliphatic carboxylic acids is 1. The van der Waals surface area contributed by atoms with Crippen molar-refractivity contribution in [3.05, 3.63) is 39.9 Å². The van der Waals surface area contributed by atoms with Crippen LogP contribution in [0.2, 0.25) is 10.0 Å². The summed E-state index contributed by atoms with van der Waals surface area (Å²) in [5.74, 6) is -1.12. The van der Waals surface area contributed by atoms with Crippen molar-refractivity contribution in [2.24, 2.45) is 11.8 Å². The van der Waals surface area contributed by atoms with Crippen LogP contribution < -0.4 is 10.1 Å². The standard InChI is InChI=1S/C21H25Cl2NO5/c1-3-12(2)20(26)15-8-9-16(19(23)18(15)22)29-11-17(25)24-10-13-4-6-14(7-5-13)21(27)28/h8-9,13-14H,2-7,10-11H2,1H3,(H,24,25)(H,27,28).